The van der Waals surface area contributed by atoms with E-state index in [0.717, 1.165) is 20.3 Å². The van der Waals surface area contributed by atoms with Crippen LogP contribution in [-0.2, 0) is 23.6 Å². The molecule has 5 aromatic rings. The Morgan fingerprint density at radius 3 is 2.38 bits per heavy atom. The maximum atomic E-state index is 13.8. The Hall–Kier alpha value is -4.49. The number of ether oxygens (including phenoxy) is 4. The van der Waals surface area contributed by atoms with Gasteiger partial charge in [0.1, 0.15) is 6.54 Å². The van der Waals surface area contributed by atoms with Crippen molar-refractivity contribution in [2.45, 2.75) is 23.2 Å². The van der Waals surface area contributed by atoms with E-state index in [0.29, 0.717) is 40.0 Å². The highest BCUT2D eigenvalue weighted by molar-refractivity contribution is 8.00. The number of amides is 1. The predicted molar refractivity (Wildman–Crippen MR) is 161 cm³/mol. The van der Waals surface area contributed by atoms with Gasteiger partial charge in [-0.3, -0.25) is 4.79 Å². The molecule has 0 saturated heterocycles. The molecule has 0 aliphatic rings. The highest BCUT2D eigenvalue weighted by Crippen LogP contribution is 2.41. The maximum Gasteiger partial charge on any atom is 0.249 e. The van der Waals surface area contributed by atoms with Crippen LogP contribution >= 0.6 is 23.1 Å². The molecule has 0 atom stereocenters. The van der Waals surface area contributed by atoms with Crippen LogP contribution < -0.4 is 23.8 Å². The van der Waals surface area contributed by atoms with Gasteiger partial charge < -0.3 is 29.0 Å². The Morgan fingerprint density at radius 2 is 1.71 bits per heavy atom. The quantitative estimate of drug-likeness (QED) is 0.191. The summed E-state index contributed by atoms with van der Waals surface area (Å²) in [5.74, 6) is 1.81. The summed E-state index contributed by atoms with van der Waals surface area (Å²) in [5, 5.41) is 18.8. The van der Waals surface area contributed by atoms with E-state index in [-0.39, 0.29) is 24.7 Å². The molecule has 1 amide bonds. The van der Waals surface area contributed by atoms with Crippen molar-refractivity contribution in [1.29, 1.82) is 0 Å². The summed E-state index contributed by atoms with van der Waals surface area (Å²) in [6.07, 6.45) is 1.75. The third kappa shape index (κ3) is 6.37. The first-order valence-corrected chi connectivity index (χ1v) is 14.6. The number of para-hydroxylation sites is 1. The fraction of sp³-hybridized carbons (Fsp3) is 0.241. The Kier molecular flexibility index (Phi) is 8.98. The Bertz CT molecular complexity index is 1650. The molecule has 3 aromatic carbocycles. The van der Waals surface area contributed by atoms with Crippen LogP contribution in [0.15, 0.2) is 65.1 Å². The third-order valence-corrected chi connectivity index (χ3v) is 8.56. The van der Waals surface area contributed by atoms with E-state index < -0.39 is 0 Å². The standard InChI is InChI=1S/C29H29N5O6S2/c1-37-23-10-9-18(11-22(23)35)14-34(20-12-24(38-2)28(40-4)25(13-20)39-3)27(36)16-33-15-19(31-32-33)17-41-29-30-21-7-5-6-8-26(21)42-29/h5-13,15,35H,14,16-17H2,1-4H3. The Morgan fingerprint density at radius 1 is 0.976 bits per heavy atom. The zero-order chi connectivity index (χ0) is 29.6. The molecule has 13 heteroatoms. The zero-order valence-corrected chi connectivity index (χ0v) is 25.1. The highest BCUT2D eigenvalue weighted by atomic mass is 32.2. The van der Waals surface area contributed by atoms with Gasteiger partial charge in [-0.25, -0.2) is 9.67 Å². The number of anilines is 1. The molecule has 42 heavy (non-hydrogen) atoms. The second kappa shape index (κ2) is 13.0. The number of methoxy groups -OCH3 is 4. The van der Waals surface area contributed by atoms with Crippen molar-refractivity contribution >= 4 is 44.9 Å². The molecule has 0 unspecified atom stereocenters. The fourth-order valence-electron chi connectivity index (χ4n) is 4.32. The molecule has 0 radical (unpaired) electrons. The van der Waals surface area contributed by atoms with Gasteiger partial charge in [0.25, 0.3) is 0 Å². The molecule has 1 N–H and O–H groups in total. The van der Waals surface area contributed by atoms with Crippen LogP contribution in [0.5, 0.6) is 28.7 Å². The van der Waals surface area contributed by atoms with E-state index in [1.165, 1.54) is 33.1 Å². The number of aromatic hydroxyl groups is 1. The molecule has 0 bridgehead atoms. The topological polar surface area (TPSA) is 121 Å². The second-order valence-electron chi connectivity index (χ2n) is 9.01. The van der Waals surface area contributed by atoms with Crippen molar-refractivity contribution < 1.29 is 28.8 Å². The maximum absolute atomic E-state index is 13.8. The van der Waals surface area contributed by atoms with Crippen molar-refractivity contribution in [1.82, 2.24) is 20.0 Å². The number of carbonyl (C=O) groups excluding carboxylic acids is 1. The number of nitrogens with zero attached hydrogens (tertiary/aromatic N) is 5. The number of phenols is 1. The Balaban J connectivity index is 1.37. The van der Waals surface area contributed by atoms with Gasteiger partial charge in [-0.15, -0.1) is 16.4 Å². The van der Waals surface area contributed by atoms with Gasteiger partial charge in [0.2, 0.25) is 11.7 Å². The number of fused-ring (bicyclic) bond motifs is 1. The van der Waals surface area contributed by atoms with Crippen molar-refractivity contribution in [3.63, 3.8) is 0 Å². The lowest BCUT2D eigenvalue weighted by Crippen LogP contribution is -2.33. The lowest BCUT2D eigenvalue weighted by Gasteiger charge is -2.25. The van der Waals surface area contributed by atoms with E-state index >= 15 is 0 Å². The van der Waals surface area contributed by atoms with Crippen LogP contribution in [0.3, 0.4) is 0 Å². The average molecular weight is 608 g/mol. The SMILES string of the molecule is COc1ccc(CN(C(=O)Cn2cc(CSc3nc4ccccc4s3)nn2)c2cc(OC)c(OC)c(OC)c2)cc1O. The second-order valence-corrected chi connectivity index (χ2v) is 11.3. The van der Waals surface area contributed by atoms with Crippen LogP contribution in [0, 0.1) is 0 Å². The number of aromatic nitrogens is 4. The summed E-state index contributed by atoms with van der Waals surface area (Å²) in [4.78, 5) is 20.0. The van der Waals surface area contributed by atoms with E-state index in [4.69, 9.17) is 18.9 Å². The summed E-state index contributed by atoms with van der Waals surface area (Å²) in [5.41, 5.74) is 2.89. The summed E-state index contributed by atoms with van der Waals surface area (Å²) in [6.45, 7) is 0.0711. The fourth-order valence-corrected chi connectivity index (χ4v) is 6.26. The lowest BCUT2D eigenvalue weighted by atomic mass is 10.1. The molecular formula is C29H29N5O6S2. The van der Waals surface area contributed by atoms with Crippen molar-refractivity contribution in [3.8, 4) is 28.7 Å². The van der Waals surface area contributed by atoms with E-state index in [9.17, 15) is 9.90 Å². The van der Waals surface area contributed by atoms with Gasteiger partial charge >= 0.3 is 0 Å². The van der Waals surface area contributed by atoms with E-state index in [2.05, 4.69) is 15.3 Å². The number of hydrogen-bond acceptors (Lipinski definition) is 11. The molecule has 0 fully saturated rings. The van der Waals surface area contributed by atoms with Gasteiger partial charge in [-0.1, -0.05) is 35.2 Å². The first-order chi connectivity index (χ1) is 20.4. The van der Waals surface area contributed by atoms with Gasteiger partial charge in [-0.05, 0) is 29.8 Å². The molecule has 11 nitrogen and oxygen atoms in total. The first kappa shape index (κ1) is 29.0. The number of rotatable bonds is 12. The van der Waals surface area contributed by atoms with Crippen molar-refractivity contribution in [2.75, 3.05) is 33.3 Å². The monoisotopic (exact) mass is 607 g/mol. The first-order valence-electron chi connectivity index (χ1n) is 12.8. The van der Waals surface area contributed by atoms with E-state index in [1.54, 1.807) is 64.5 Å². The van der Waals surface area contributed by atoms with Gasteiger partial charge in [0, 0.05) is 24.1 Å². The number of hydrogen-bond donors (Lipinski definition) is 1. The lowest BCUT2D eigenvalue weighted by molar-refractivity contribution is -0.119. The molecule has 2 heterocycles. The minimum Gasteiger partial charge on any atom is -0.504 e. The number of phenolic OH excluding ortho intramolecular Hbond substituents is 1. The largest absolute Gasteiger partial charge is 0.504 e. The van der Waals surface area contributed by atoms with Crippen LogP contribution in [0.25, 0.3) is 10.2 Å². The van der Waals surface area contributed by atoms with Crippen molar-refractivity contribution in [3.05, 3.63) is 72.1 Å². The number of thioether (sulfide) groups is 1. The van der Waals surface area contributed by atoms with Crippen LogP contribution in [-0.4, -0.2) is 59.4 Å². The summed E-state index contributed by atoms with van der Waals surface area (Å²) in [6, 6.07) is 16.4. The van der Waals surface area contributed by atoms with E-state index in [1.807, 2.05) is 24.3 Å². The molecule has 0 spiro atoms. The van der Waals surface area contributed by atoms with Crippen LogP contribution in [0.2, 0.25) is 0 Å². The number of thiazole rings is 1. The predicted octanol–water partition coefficient (Wildman–Crippen LogP) is 5.15. The normalized spacial score (nSPS) is 11.0. The van der Waals surface area contributed by atoms with Gasteiger partial charge in [0.15, 0.2) is 27.3 Å². The zero-order valence-electron chi connectivity index (χ0n) is 23.4. The molecule has 0 aliphatic heterocycles. The smallest absolute Gasteiger partial charge is 0.249 e. The summed E-state index contributed by atoms with van der Waals surface area (Å²) >= 11 is 3.20. The highest BCUT2D eigenvalue weighted by Gasteiger charge is 2.23. The van der Waals surface area contributed by atoms with Crippen molar-refractivity contribution in [2.24, 2.45) is 0 Å². The molecule has 0 saturated carbocycles. The molecular weight excluding hydrogens is 578 g/mol. The number of benzene rings is 3. The Labute approximate surface area is 250 Å². The van der Waals surface area contributed by atoms with Crippen LogP contribution in [0.1, 0.15) is 11.3 Å². The molecule has 218 valence electrons. The molecule has 5 rings (SSSR count). The summed E-state index contributed by atoms with van der Waals surface area (Å²) in [7, 11) is 6.01. The number of carbonyl (C=O) groups is 1. The average Bonchev–Trinajstić information content (AvgIpc) is 3.64. The van der Waals surface area contributed by atoms with Crippen LogP contribution in [0.4, 0.5) is 5.69 Å². The van der Waals surface area contributed by atoms with Gasteiger partial charge in [0.05, 0.1) is 56.6 Å². The minimum absolute atomic E-state index is 0.0289. The molecule has 0 aliphatic carbocycles. The van der Waals surface area contributed by atoms with Gasteiger partial charge in [-0.2, -0.15) is 0 Å². The third-order valence-electron chi connectivity index (χ3n) is 6.35. The minimum atomic E-state index is -0.269. The molecule has 2 aromatic heterocycles. The summed E-state index contributed by atoms with van der Waals surface area (Å²) < 4.78 is 25.2.